The van der Waals surface area contributed by atoms with Gasteiger partial charge in [0.25, 0.3) is 0 Å². The number of aromatic nitrogens is 4. The Hall–Kier alpha value is -2.51. The number of nitrogens with zero attached hydrogens (tertiary/aromatic N) is 4. The van der Waals surface area contributed by atoms with Crippen LogP contribution in [0.25, 0.3) is 11.4 Å². The summed E-state index contributed by atoms with van der Waals surface area (Å²) >= 11 is 0. The van der Waals surface area contributed by atoms with E-state index in [2.05, 4.69) is 20.4 Å². The molecule has 1 aromatic heterocycles. The lowest BCUT2D eigenvalue weighted by molar-refractivity contribution is 0.324. The number of aryl methyl sites for hydroxylation is 1. The largest absolute Gasteiger partial charge is 0.493 e. The fourth-order valence-electron chi connectivity index (χ4n) is 1.90. The van der Waals surface area contributed by atoms with Crippen LogP contribution in [0.1, 0.15) is 12.2 Å². The maximum atomic E-state index is 12.1. The molecule has 22 heavy (non-hydrogen) atoms. The van der Waals surface area contributed by atoms with Crippen LogP contribution in [0.5, 0.6) is 17.2 Å². The van der Waals surface area contributed by atoms with Crippen molar-refractivity contribution in [3.8, 4) is 28.6 Å². The highest BCUT2D eigenvalue weighted by molar-refractivity contribution is 5.66. The summed E-state index contributed by atoms with van der Waals surface area (Å²) < 4.78 is 27.9. The van der Waals surface area contributed by atoms with Crippen molar-refractivity contribution in [1.29, 1.82) is 0 Å². The van der Waals surface area contributed by atoms with Crippen molar-refractivity contribution >= 4 is 0 Å². The number of hydrogen-bond donors (Lipinski definition) is 0. The van der Waals surface area contributed by atoms with Gasteiger partial charge in [0.2, 0.25) is 11.6 Å². The average Bonchev–Trinajstić information content (AvgIpc) is 2.58. The minimum absolute atomic E-state index is 0.322. The highest BCUT2D eigenvalue weighted by atomic mass is 19.1. The van der Waals surface area contributed by atoms with E-state index in [4.69, 9.17) is 14.2 Å². The van der Waals surface area contributed by atoms with E-state index >= 15 is 0 Å². The lowest BCUT2D eigenvalue weighted by atomic mass is 10.1. The maximum Gasteiger partial charge on any atom is 0.203 e. The lowest BCUT2D eigenvalue weighted by Crippen LogP contribution is -2.04. The van der Waals surface area contributed by atoms with Crippen LogP contribution in [0, 0.1) is 0 Å². The Morgan fingerprint density at radius 1 is 0.909 bits per heavy atom. The molecule has 7 nitrogen and oxygen atoms in total. The standard InChI is InChI=1S/C14H17FN4O3/c1-20-10-7-9(8-11(21-2)13(10)22-3)14-18-16-12(17-19-14)5-4-6-15/h7-8H,4-6H2,1-3H3. The zero-order valence-corrected chi connectivity index (χ0v) is 12.7. The van der Waals surface area contributed by atoms with Gasteiger partial charge in [-0.2, -0.15) is 0 Å². The van der Waals surface area contributed by atoms with E-state index in [9.17, 15) is 4.39 Å². The molecule has 0 saturated heterocycles. The number of alkyl halides is 1. The predicted octanol–water partition coefficient (Wildman–Crippen LogP) is 1.86. The summed E-state index contributed by atoms with van der Waals surface area (Å²) in [4.78, 5) is 0. The summed E-state index contributed by atoms with van der Waals surface area (Å²) in [6, 6.07) is 3.42. The third kappa shape index (κ3) is 3.38. The Balaban J connectivity index is 2.35. The van der Waals surface area contributed by atoms with Gasteiger partial charge in [-0.1, -0.05) is 0 Å². The molecular weight excluding hydrogens is 291 g/mol. The quantitative estimate of drug-likeness (QED) is 0.772. The van der Waals surface area contributed by atoms with Gasteiger partial charge in [0.15, 0.2) is 17.3 Å². The first kappa shape index (κ1) is 15.9. The zero-order chi connectivity index (χ0) is 15.9. The van der Waals surface area contributed by atoms with Crippen molar-refractivity contribution < 1.29 is 18.6 Å². The van der Waals surface area contributed by atoms with Crippen LogP contribution in [0.3, 0.4) is 0 Å². The van der Waals surface area contributed by atoms with Crippen LogP contribution < -0.4 is 14.2 Å². The lowest BCUT2D eigenvalue weighted by Gasteiger charge is -2.13. The molecule has 0 aliphatic heterocycles. The van der Waals surface area contributed by atoms with Crippen molar-refractivity contribution in [3.63, 3.8) is 0 Å². The van der Waals surface area contributed by atoms with Crippen molar-refractivity contribution in [2.24, 2.45) is 0 Å². The Morgan fingerprint density at radius 2 is 1.50 bits per heavy atom. The second kappa shape index (κ2) is 7.48. The Bertz CT molecular complexity index is 597. The van der Waals surface area contributed by atoms with E-state index in [-0.39, 0.29) is 0 Å². The number of rotatable bonds is 7. The number of hydrogen-bond acceptors (Lipinski definition) is 7. The smallest absolute Gasteiger partial charge is 0.203 e. The molecule has 0 unspecified atom stereocenters. The molecule has 0 fully saturated rings. The van der Waals surface area contributed by atoms with Crippen molar-refractivity contribution in [3.05, 3.63) is 18.0 Å². The van der Waals surface area contributed by atoms with E-state index < -0.39 is 6.67 Å². The highest BCUT2D eigenvalue weighted by Crippen LogP contribution is 2.40. The molecule has 0 radical (unpaired) electrons. The molecule has 0 spiro atoms. The summed E-state index contributed by atoms with van der Waals surface area (Å²) in [5, 5.41) is 15.9. The minimum atomic E-state index is -0.419. The predicted molar refractivity (Wildman–Crippen MR) is 77.0 cm³/mol. The molecule has 0 aliphatic rings. The highest BCUT2D eigenvalue weighted by Gasteiger charge is 2.16. The van der Waals surface area contributed by atoms with Gasteiger partial charge in [-0.15, -0.1) is 20.4 Å². The fourth-order valence-corrected chi connectivity index (χ4v) is 1.90. The van der Waals surface area contributed by atoms with Crippen molar-refractivity contribution in [2.75, 3.05) is 28.0 Å². The van der Waals surface area contributed by atoms with Gasteiger partial charge in [-0.25, -0.2) is 0 Å². The topological polar surface area (TPSA) is 79.3 Å². The van der Waals surface area contributed by atoms with E-state index in [1.807, 2.05) is 0 Å². The fraction of sp³-hybridized carbons (Fsp3) is 0.429. The Labute approximate surface area is 127 Å². The second-order valence-corrected chi connectivity index (χ2v) is 4.35. The van der Waals surface area contributed by atoms with Gasteiger partial charge in [-0.05, 0) is 18.6 Å². The van der Waals surface area contributed by atoms with Crippen molar-refractivity contribution in [1.82, 2.24) is 20.4 Å². The van der Waals surface area contributed by atoms with E-state index in [1.54, 1.807) is 12.1 Å². The first-order valence-electron chi connectivity index (χ1n) is 6.66. The number of benzene rings is 1. The first-order chi connectivity index (χ1) is 10.7. The number of ether oxygens (including phenoxy) is 3. The molecule has 2 aromatic rings. The van der Waals surface area contributed by atoms with Gasteiger partial charge in [-0.3, -0.25) is 4.39 Å². The summed E-state index contributed by atoms with van der Waals surface area (Å²) in [6.07, 6.45) is 0.763. The molecule has 1 heterocycles. The van der Waals surface area contributed by atoms with E-state index in [0.717, 1.165) is 0 Å². The summed E-state index contributed by atoms with van der Waals surface area (Å²) in [7, 11) is 4.58. The van der Waals surface area contributed by atoms with Gasteiger partial charge in [0.1, 0.15) is 0 Å². The van der Waals surface area contributed by atoms with Crippen LogP contribution >= 0.6 is 0 Å². The van der Waals surface area contributed by atoms with Crippen molar-refractivity contribution in [2.45, 2.75) is 12.8 Å². The summed E-state index contributed by atoms with van der Waals surface area (Å²) in [6.45, 7) is -0.419. The monoisotopic (exact) mass is 308 g/mol. The molecule has 0 N–H and O–H groups in total. The number of methoxy groups -OCH3 is 3. The molecule has 118 valence electrons. The van der Waals surface area contributed by atoms with Gasteiger partial charge >= 0.3 is 0 Å². The minimum Gasteiger partial charge on any atom is -0.493 e. The zero-order valence-electron chi connectivity index (χ0n) is 12.7. The van der Waals surface area contributed by atoms with Crippen LogP contribution in [-0.4, -0.2) is 48.4 Å². The Morgan fingerprint density at radius 3 is 1.95 bits per heavy atom. The van der Waals surface area contributed by atoms with Crippen LogP contribution in [0.2, 0.25) is 0 Å². The molecular formula is C14H17FN4O3. The molecule has 0 atom stereocenters. The van der Waals surface area contributed by atoms with E-state index in [1.165, 1.54) is 21.3 Å². The third-order valence-electron chi connectivity index (χ3n) is 2.98. The maximum absolute atomic E-state index is 12.1. The molecule has 0 bridgehead atoms. The molecule has 1 aromatic carbocycles. The first-order valence-corrected chi connectivity index (χ1v) is 6.66. The SMILES string of the molecule is COc1cc(-c2nnc(CCCF)nn2)cc(OC)c1OC. The average molecular weight is 308 g/mol. The van der Waals surface area contributed by atoms with Gasteiger partial charge in [0.05, 0.1) is 28.0 Å². The number of halogens is 1. The van der Waals surface area contributed by atoms with Gasteiger partial charge < -0.3 is 14.2 Å². The summed E-state index contributed by atoms with van der Waals surface area (Å²) in [5.74, 6) is 2.19. The molecule has 0 amide bonds. The van der Waals surface area contributed by atoms with Crippen LogP contribution in [-0.2, 0) is 6.42 Å². The van der Waals surface area contributed by atoms with E-state index in [0.29, 0.717) is 47.3 Å². The molecule has 2 rings (SSSR count). The van der Waals surface area contributed by atoms with Crippen LogP contribution in [0.15, 0.2) is 12.1 Å². The third-order valence-corrected chi connectivity index (χ3v) is 2.98. The van der Waals surface area contributed by atoms with Gasteiger partial charge in [0, 0.05) is 12.0 Å². The normalized spacial score (nSPS) is 10.4. The molecule has 8 heteroatoms. The molecule has 0 saturated carbocycles. The molecule has 0 aliphatic carbocycles. The second-order valence-electron chi connectivity index (χ2n) is 4.35. The van der Waals surface area contributed by atoms with Crippen LogP contribution in [0.4, 0.5) is 4.39 Å². The summed E-state index contributed by atoms with van der Waals surface area (Å²) in [5.41, 5.74) is 0.631. The Kier molecular flexibility index (Phi) is 5.40.